The van der Waals surface area contributed by atoms with Gasteiger partial charge in [0.1, 0.15) is 23.5 Å². The van der Waals surface area contributed by atoms with Crippen molar-refractivity contribution in [1.82, 2.24) is 5.32 Å². The summed E-state index contributed by atoms with van der Waals surface area (Å²) in [6.07, 6.45) is 15.3. The Morgan fingerprint density at radius 3 is 1.85 bits per heavy atom. The second-order valence-corrected chi connectivity index (χ2v) is 17.6. The second-order valence-electron chi connectivity index (χ2n) is 17.6. The first-order valence-corrected chi connectivity index (χ1v) is 23.0. The van der Waals surface area contributed by atoms with Gasteiger partial charge in [0.05, 0.1) is 5.41 Å². The molecule has 0 spiro atoms. The van der Waals surface area contributed by atoms with Gasteiger partial charge in [-0.2, -0.15) is 0 Å². The zero-order valence-electron chi connectivity index (χ0n) is 36.5. The van der Waals surface area contributed by atoms with Gasteiger partial charge >= 0.3 is 0 Å². The Labute approximate surface area is 386 Å². The highest BCUT2D eigenvalue weighted by Gasteiger charge is 2.41. The fourth-order valence-electron chi connectivity index (χ4n) is 10.6. The predicted octanol–water partition coefficient (Wildman–Crippen LogP) is 14.3. The molecule has 0 fully saturated rings. The summed E-state index contributed by atoms with van der Waals surface area (Å²) in [6, 6.07) is 72.0. The van der Waals surface area contributed by atoms with E-state index in [-0.39, 0.29) is 18.0 Å². The maximum Gasteiger partial charge on any atom is 0.159 e. The summed E-state index contributed by atoms with van der Waals surface area (Å²) in [5.41, 5.74) is 12.5. The van der Waals surface area contributed by atoms with Crippen LogP contribution in [-0.4, -0.2) is 11.7 Å². The molecule has 2 aliphatic heterocycles. The van der Waals surface area contributed by atoms with E-state index in [1.165, 1.54) is 49.9 Å². The van der Waals surface area contributed by atoms with E-state index in [0.717, 1.165) is 58.1 Å². The van der Waals surface area contributed by atoms with Crippen molar-refractivity contribution in [3.05, 3.63) is 292 Å². The first-order chi connectivity index (χ1) is 32.7. The molecule has 66 heavy (non-hydrogen) atoms. The number of nitrogens with zero attached hydrogens (tertiary/aromatic N) is 2. The maximum absolute atomic E-state index is 6.80. The summed E-state index contributed by atoms with van der Waals surface area (Å²) < 4.78 is 6.80. The molecule has 8 aromatic rings. The van der Waals surface area contributed by atoms with Gasteiger partial charge in [-0.3, -0.25) is 0 Å². The van der Waals surface area contributed by atoms with E-state index in [4.69, 9.17) is 14.7 Å². The summed E-state index contributed by atoms with van der Waals surface area (Å²) in [4.78, 5) is 10.1. The van der Waals surface area contributed by atoms with Gasteiger partial charge in [-0.05, 0) is 98.5 Å². The number of ether oxygens (including phenoxy) is 1. The summed E-state index contributed by atoms with van der Waals surface area (Å²) in [5.74, 6) is 3.83. The standard InChI is InChI=1S/C62H47N3O/c1-6-19-42(20-7-1)59-63-60(43-21-8-2-9-22-43)65-61(64-59)48-36-34-45-37-47(35-33-46(45)38-48)55-40-49(41-57-58(55)54-31-16-17-32-56(54)66-57)44-23-18-30-53(39-44)62(50-24-10-3-11-25-50,51-26-12-4-13-27-51)52-28-14-5-15-29-52/h1-22,24-30,32-41,44,54,61H,23,31H2,(H,63,64,65). The smallest absolute Gasteiger partial charge is 0.159 e. The summed E-state index contributed by atoms with van der Waals surface area (Å²) in [5, 5.41) is 5.98. The lowest BCUT2D eigenvalue weighted by Gasteiger charge is -2.39. The maximum atomic E-state index is 6.80. The third-order valence-electron chi connectivity index (χ3n) is 13.7. The van der Waals surface area contributed by atoms with Crippen molar-refractivity contribution >= 4 is 22.4 Å². The van der Waals surface area contributed by atoms with Crippen LogP contribution in [0, 0.1) is 0 Å². The average Bonchev–Trinajstić information content (AvgIpc) is 3.78. The van der Waals surface area contributed by atoms with Crippen LogP contribution < -0.4 is 10.1 Å². The number of hydrogen-bond acceptors (Lipinski definition) is 4. The van der Waals surface area contributed by atoms with Crippen molar-refractivity contribution in [2.24, 2.45) is 9.98 Å². The highest BCUT2D eigenvalue weighted by Crippen LogP contribution is 2.52. The van der Waals surface area contributed by atoms with Crippen molar-refractivity contribution in [3.8, 4) is 16.9 Å². The molecule has 4 nitrogen and oxygen atoms in total. The average molecular weight is 850 g/mol. The number of fused-ring (bicyclic) bond motifs is 4. The molecule has 4 aliphatic rings. The minimum atomic E-state index is -0.519. The Kier molecular flexibility index (Phi) is 10.1. The van der Waals surface area contributed by atoms with E-state index in [0.29, 0.717) is 0 Å². The molecule has 1 N–H and O–H groups in total. The van der Waals surface area contributed by atoms with Gasteiger partial charge in [0.25, 0.3) is 0 Å². The van der Waals surface area contributed by atoms with Crippen LogP contribution in [0.25, 0.3) is 21.9 Å². The Bertz CT molecular complexity index is 3200. The number of allylic oxidation sites excluding steroid dienone is 8. The monoisotopic (exact) mass is 849 g/mol. The highest BCUT2D eigenvalue weighted by molar-refractivity contribution is 6.13. The first-order valence-electron chi connectivity index (χ1n) is 23.0. The summed E-state index contributed by atoms with van der Waals surface area (Å²) in [7, 11) is 0. The molecular weight excluding hydrogens is 803 g/mol. The largest absolute Gasteiger partial charge is 0.461 e. The summed E-state index contributed by atoms with van der Waals surface area (Å²) >= 11 is 0. The van der Waals surface area contributed by atoms with Crippen LogP contribution in [0.2, 0.25) is 0 Å². The topological polar surface area (TPSA) is 46.0 Å². The van der Waals surface area contributed by atoms with Crippen LogP contribution in [0.5, 0.6) is 5.75 Å². The number of rotatable bonds is 9. The van der Waals surface area contributed by atoms with Crippen molar-refractivity contribution in [1.29, 1.82) is 0 Å². The minimum absolute atomic E-state index is 0.125. The van der Waals surface area contributed by atoms with Gasteiger partial charge in [0.15, 0.2) is 5.84 Å². The van der Waals surface area contributed by atoms with Crippen LogP contribution in [-0.2, 0) is 5.41 Å². The number of hydrogen-bond donors (Lipinski definition) is 1. The zero-order chi connectivity index (χ0) is 43.9. The molecular formula is C62H47N3O. The molecule has 0 radical (unpaired) electrons. The highest BCUT2D eigenvalue weighted by atomic mass is 16.5. The fourth-order valence-corrected chi connectivity index (χ4v) is 10.6. The number of aliphatic imine (C=N–C) groups is 2. The number of amidine groups is 2. The van der Waals surface area contributed by atoms with E-state index < -0.39 is 5.41 Å². The molecule has 316 valence electrons. The molecule has 0 saturated heterocycles. The normalized spacial score (nSPS) is 18.5. The third-order valence-corrected chi connectivity index (χ3v) is 13.7. The van der Waals surface area contributed by atoms with Crippen LogP contribution >= 0.6 is 0 Å². The van der Waals surface area contributed by atoms with E-state index in [9.17, 15) is 0 Å². The zero-order valence-corrected chi connectivity index (χ0v) is 36.5. The van der Waals surface area contributed by atoms with Crippen molar-refractivity contribution in [2.45, 2.75) is 36.3 Å². The van der Waals surface area contributed by atoms with Crippen molar-refractivity contribution < 1.29 is 4.74 Å². The molecule has 8 aromatic carbocycles. The van der Waals surface area contributed by atoms with Crippen LogP contribution in [0.15, 0.2) is 258 Å². The quantitative estimate of drug-likeness (QED) is 0.147. The summed E-state index contributed by atoms with van der Waals surface area (Å²) in [6.45, 7) is 0. The third kappa shape index (κ3) is 7.03. The molecule has 2 aliphatic carbocycles. The van der Waals surface area contributed by atoms with Gasteiger partial charge in [0, 0.05) is 28.5 Å². The van der Waals surface area contributed by atoms with Crippen molar-refractivity contribution in [3.63, 3.8) is 0 Å². The van der Waals surface area contributed by atoms with E-state index in [1.54, 1.807) is 0 Å². The molecule has 2 heterocycles. The number of nitrogens with one attached hydrogen (secondary N) is 1. The lowest BCUT2D eigenvalue weighted by Crippen LogP contribution is -2.33. The Morgan fingerprint density at radius 1 is 0.545 bits per heavy atom. The van der Waals surface area contributed by atoms with E-state index in [2.05, 4.69) is 206 Å². The van der Waals surface area contributed by atoms with Crippen LogP contribution in [0.3, 0.4) is 0 Å². The Morgan fingerprint density at radius 2 is 1.17 bits per heavy atom. The fraction of sp³-hybridized carbons (Fsp3) is 0.0968. The first kappa shape index (κ1) is 39.5. The second kappa shape index (κ2) is 16.8. The van der Waals surface area contributed by atoms with Gasteiger partial charge < -0.3 is 10.1 Å². The van der Waals surface area contributed by atoms with Gasteiger partial charge in [-0.25, -0.2) is 9.98 Å². The van der Waals surface area contributed by atoms with Crippen LogP contribution in [0.1, 0.15) is 75.4 Å². The molecule has 0 bridgehead atoms. The lowest BCUT2D eigenvalue weighted by atomic mass is 9.63. The lowest BCUT2D eigenvalue weighted by molar-refractivity contribution is 0.425. The SMILES string of the molecule is C1=CCC2C(=C1)Oc1cc(C3C=C(C(c4ccccc4)(c4ccccc4)c4ccccc4)C=CC3)cc(-c3ccc4cc(C5N=C(c6ccccc6)N=C(c6ccccc6)N5)ccc4c3)c12. The van der Waals surface area contributed by atoms with Gasteiger partial charge in [0.2, 0.25) is 0 Å². The number of benzene rings is 8. The Hall–Kier alpha value is -8.08. The van der Waals surface area contributed by atoms with Crippen LogP contribution in [0.4, 0.5) is 0 Å². The van der Waals surface area contributed by atoms with Gasteiger partial charge in [-0.1, -0.05) is 206 Å². The molecule has 0 aromatic heterocycles. The minimum Gasteiger partial charge on any atom is -0.461 e. The van der Waals surface area contributed by atoms with E-state index in [1.807, 2.05) is 36.4 Å². The molecule has 4 heteroatoms. The predicted molar refractivity (Wildman–Crippen MR) is 270 cm³/mol. The van der Waals surface area contributed by atoms with Crippen molar-refractivity contribution in [2.75, 3.05) is 0 Å². The molecule has 3 atom stereocenters. The molecule has 3 unspecified atom stereocenters. The molecule has 0 saturated carbocycles. The molecule has 0 amide bonds. The Balaban J connectivity index is 0.952. The van der Waals surface area contributed by atoms with Gasteiger partial charge in [-0.15, -0.1) is 0 Å². The molecule has 12 rings (SSSR count). The van der Waals surface area contributed by atoms with E-state index >= 15 is 0 Å².